The second-order valence-electron chi connectivity index (χ2n) is 4.04. The lowest BCUT2D eigenvalue weighted by Gasteiger charge is -2.19. The maximum absolute atomic E-state index is 5.70. The van der Waals surface area contributed by atoms with E-state index in [1.54, 1.807) is 6.07 Å². The molecule has 0 aliphatic rings. The van der Waals surface area contributed by atoms with E-state index in [0.717, 1.165) is 11.5 Å². The van der Waals surface area contributed by atoms with Gasteiger partial charge in [0.1, 0.15) is 11.6 Å². The average molecular weight is 228 g/mol. The van der Waals surface area contributed by atoms with Gasteiger partial charge in [-0.25, -0.2) is 4.98 Å². The maximum atomic E-state index is 5.70. The number of benzene rings is 1. The quantitative estimate of drug-likeness (QED) is 0.827. The van der Waals surface area contributed by atoms with Crippen LogP contribution in [0.15, 0.2) is 36.4 Å². The molecule has 17 heavy (non-hydrogen) atoms. The summed E-state index contributed by atoms with van der Waals surface area (Å²) in [5.74, 6) is 1.14. The van der Waals surface area contributed by atoms with Crippen LogP contribution in [0.2, 0.25) is 0 Å². The van der Waals surface area contributed by atoms with Crippen LogP contribution < -0.4 is 16.4 Å². The van der Waals surface area contributed by atoms with E-state index in [1.165, 1.54) is 5.56 Å². The third-order valence-electron chi connectivity index (χ3n) is 2.71. The number of rotatable bonds is 2. The van der Waals surface area contributed by atoms with Gasteiger partial charge >= 0.3 is 0 Å². The molecule has 0 amide bonds. The fourth-order valence-electron chi connectivity index (χ4n) is 1.56. The summed E-state index contributed by atoms with van der Waals surface area (Å²) < 4.78 is 0. The van der Waals surface area contributed by atoms with Gasteiger partial charge in [0.05, 0.1) is 5.69 Å². The lowest BCUT2D eigenvalue weighted by molar-refractivity contribution is 1.13. The third-order valence-corrected chi connectivity index (χ3v) is 2.71. The first kappa shape index (κ1) is 11.3. The maximum Gasteiger partial charge on any atom is 0.149 e. The van der Waals surface area contributed by atoms with Gasteiger partial charge in [-0.15, -0.1) is 0 Å². The number of aryl methyl sites for hydroxylation is 1. The van der Waals surface area contributed by atoms with Crippen molar-refractivity contribution in [3.63, 3.8) is 0 Å². The van der Waals surface area contributed by atoms with Crippen LogP contribution >= 0.6 is 0 Å². The summed E-state index contributed by atoms with van der Waals surface area (Å²) in [6, 6.07) is 11.8. The van der Waals surface area contributed by atoms with Crippen LogP contribution in [0.5, 0.6) is 0 Å². The van der Waals surface area contributed by atoms with Crippen molar-refractivity contribution < 1.29 is 0 Å². The van der Waals surface area contributed by atoms with Crippen LogP contribution in [-0.4, -0.2) is 12.0 Å². The van der Waals surface area contributed by atoms with E-state index in [2.05, 4.69) is 24.0 Å². The van der Waals surface area contributed by atoms with Crippen molar-refractivity contribution in [2.24, 2.45) is 0 Å². The Balaban J connectivity index is 2.33. The molecule has 88 valence electrons. The SMILES string of the molecule is Cc1ccc(N(C)c2ccc(N)c(N)n2)cc1. The Bertz CT molecular complexity index is 519. The van der Waals surface area contributed by atoms with E-state index >= 15 is 0 Å². The minimum absolute atomic E-state index is 0.362. The Morgan fingerprint density at radius 2 is 1.65 bits per heavy atom. The summed E-state index contributed by atoms with van der Waals surface area (Å²) in [5, 5.41) is 0. The number of nitrogen functional groups attached to an aromatic ring is 2. The van der Waals surface area contributed by atoms with Crippen molar-refractivity contribution in [3.8, 4) is 0 Å². The lowest BCUT2D eigenvalue weighted by atomic mass is 10.2. The van der Waals surface area contributed by atoms with Crippen LogP contribution in [0.4, 0.5) is 23.0 Å². The third kappa shape index (κ3) is 2.30. The van der Waals surface area contributed by atoms with Gasteiger partial charge in [-0.1, -0.05) is 17.7 Å². The highest BCUT2D eigenvalue weighted by Crippen LogP contribution is 2.24. The molecule has 1 heterocycles. The van der Waals surface area contributed by atoms with E-state index in [-0.39, 0.29) is 0 Å². The molecule has 0 unspecified atom stereocenters. The minimum atomic E-state index is 0.362. The molecule has 2 aromatic rings. The summed E-state index contributed by atoms with van der Waals surface area (Å²) in [6.07, 6.45) is 0. The van der Waals surface area contributed by atoms with Gasteiger partial charge in [0.25, 0.3) is 0 Å². The predicted octanol–water partition coefficient (Wildman–Crippen LogP) is 2.32. The molecule has 4 N–H and O–H groups in total. The molecule has 0 aliphatic heterocycles. The highest BCUT2D eigenvalue weighted by atomic mass is 15.2. The molecule has 2 rings (SSSR count). The smallest absolute Gasteiger partial charge is 0.149 e. The summed E-state index contributed by atoms with van der Waals surface area (Å²) in [5.41, 5.74) is 14.1. The minimum Gasteiger partial charge on any atom is -0.396 e. The van der Waals surface area contributed by atoms with Gasteiger partial charge < -0.3 is 16.4 Å². The fraction of sp³-hybridized carbons (Fsp3) is 0.154. The van der Waals surface area contributed by atoms with Gasteiger partial charge in [0, 0.05) is 12.7 Å². The first-order chi connectivity index (χ1) is 8.08. The van der Waals surface area contributed by atoms with Crippen LogP contribution in [0.25, 0.3) is 0 Å². The number of nitrogens with zero attached hydrogens (tertiary/aromatic N) is 2. The van der Waals surface area contributed by atoms with Gasteiger partial charge in [-0.3, -0.25) is 0 Å². The molecule has 0 atom stereocenters. The summed E-state index contributed by atoms with van der Waals surface area (Å²) in [7, 11) is 1.95. The number of hydrogen-bond acceptors (Lipinski definition) is 4. The van der Waals surface area contributed by atoms with E-state index in [0.29, 0.717) is 11.5 Å². The number of hydrogen-bond donors (Lipinski definition) is 2. The zero-order valence-electron chi connectivity index (χ0n) is 10.0. The van der Waals surface area contributed by atoms with E-state index < -0.39 is 0 Å². The molecular weight excluding hydrogens is 212 g/mol. The Morgan fingerprint density at radius 3 is 2.24 bits per heavy atom. The number of nitrogens with two attached hydrogens (primary N) is 2. The number of aromatic nitrogens is 1. The van der Waals surface area contributed by atoms with E-state index in [1.807, 2.05) is 30.1 Å². The summed E-state index contributed by atoms with van der Waals surface area (Å²) in [6.45, 7) is 2.06. The molecule has 0 radical (unpaired) electrons. The molecular formula is C13H16N4. The van der Waals surface area contributed by atoms with Crippen molar-refractivity contribution in [2.75, 3.05) is 23.4 Å². The molecule has 0 aliphatic carbocycles. The van der Waals surface area contributed by atoms with Crippen LogP contribution in [0.1, 0.15) is 5.56 Å². The van der Waals surface area contributed by atoms with Gasteiger partial charge in [-0.2, -0.15) is 0 Å². The van der Waals surface area contributed by atoms with Gasteiger partial charge in [0.15, 0.2) is 0 Å². The summed E-state index contributed by atoms with van der Waals surface area (Å²) >= 11 is 0. The average Bonchev–Trinajstić information content (AvgIpc) is 2.33. The number of anilines is 4. The molecule has 1 aromatic carbocycles. The number of pyridine rings is 1. The largest absolute Gasteiger partial charge is 0.396 e. The normalized spacial score (nSPS) is 10.2. The van der Waals surface area contributed by atoms with Crippen molar-refractivity contribution in [1.29, 1.82) is 0 Å². The Labute approximate surface area is 101 Å². The van der Waals surface area contributed by atoms with E-state index in [9.17, 15) is 0 Å². The zero-order chi connectivity index (χ0) is 12.4. The molecule has 0 fully saturated rings. The van der Waals surface area contributed by atoms with Gasteiger partial charge in [-0.05, 0) is 31.2 Å². The Kier molecular flexibility index (Phi) is 2.87. The van der Waals surface area contributed by atoms with Crippen molar-refractivity contribution in [3.05, 3.63) is 42.0 Å². The lowest BCUT2D eigenvalue weighted by Crippen LogP contribution is -2.12. The first-order valence-electron chi connectivity index (χ1n) is 5.40. The summed E-state index contributed by atoms with van der Waals surface area (Å²) in [4.78, 5) is 6.22. The zero-order valence-corrected chi connectivity index (χ0v) is 10.0. The highest BCUT2D eigenvalue weighted by molar-refractivity contribution is 5.66. The Morgan fingerprint density at radius 1 is 1.00 bits per heavy atom. The first-order valence-corrected chi connectivity index (χ1v) is 5.40. The Hall–Kier alpha value is -2.23. The molecule has 0 bridgehead atoms. The highest BCUT2D eigenvalue weighted by Gasteiger charge is 2.06. The van der Waals surface area contributed by atoms with Crippen molar-refractivity contribution in [2.45, 2.75) is 6.92 Å². The molecule has 4 nitrogen and oxygen atoms in total. The van der Waals surface area contributed by atoms with Crippen molar-refractivity contribution >= 4 is 23.0 Å². The monoisotopic (exact) mass is 228 g/mol. The van der Waals surface area contributed by atoms with Crippen LogP contribution in [0, 0.1) is 6.92 Å². The van der Waals surface area contributed by atoms with Crippen LogP contribution in [-0.2, 0) is 0 Å². The fourth-order valence-corrected chi connectivity index (χ4v) is 1.56. The standard InChI is InChI=1S/C13H16N4/c1-9-3-5-10(6-4-9)17(2)12-8-7-11(14)13(15)16-12/h3-8H,14H2,1-2H3,(H2,15,16). The van der Waals surface area contributed by atoms with Crippen LogP contribution in [0.3, 0.4) is 0 Å². The topological polar surface area (TPSA) is 68.2 Å². The molecule has 0 saturated heterocycles. The molecule has 4 heteroatoms. The van der Waals surface area contributed by atoms with Crippen molar-refractivity contribution in [1.82, 2.24) is 4.98 Å². The van der Waals surface area contributed by atoms with Gasteiger partial charge in [0.2, 0.25) is 0 Å². The second kappa shape index (κ2) is 4.33. The molecule has 1 aromatic heterocycles. The van der Waals surface area contributed by atoms with E-state index in [4.69, 9.17) is 11.5 Å². The second-order valence-corrected chi connectivity index (χ2v) is 4.04. The molecule has 0 spiro atoms. The molecule has 0 saturated carbocycles. The predicted molar refractivity (Wildman–Crippen MR) is 72.3 cm³/mol.